The number of nitrogens with zero attached hydrogens (tertiary/aromatic N) is 1. The molecular formula is C24H25ClF2N2O. The normalized spacial score (nSPS) is 23.1. The fraction of sp³-hybridized carbons (Fsp3) is 0.458. The molecule has 2 fully saturated rings. The molecule has 158 valence electrons. The number of hydrogen-bond donors (Lipinski definition) is 1. The highest BCUT2D eigenvalue weighted by Gasteiger charge is 2.34. The molecule has 0 aromatic heterocycles. The lowest BCUT2D eigenvalue weighted by atomic mass is 9.79. The number of benzene rings is 2. The molecule has 2 aromatic carbocycles. The number of nitrogens with one attached hydrogen (secondary N) is 1. The van der Waals surface area contributed by atoms with Crippen LogP contribution in [0.4, 0.5) is 14.5 Å². The van der Waals surface area contributed by atoms with E-state index in [2.05, 4.69) is 11.4 Å². The molecule has 0 bridgehead atoms. The molecule has 2 saturated carbocycles. The highest BCUT2D eigenvalue weighted by atomic mass is 35.5. The van der Waals surface area contributed by atoms with Crippen LogP contribution in [0.3, 0.4) is 0 Å². The quantitative estimate of drug-likeness (QED) is 0.565. The first-order valence-corrected chi connectivity index (χ1v) is 11.1. The number of hydrogen-bond acceptors (Lipinski definition) is 2. The van der Waals surface area contributed by atoms with E-state index in [1.54, 1.807) is 17.0 Å². The van der Waals surface area contributed by atoms with Gasteiger partial charge in [0.2, 0.25) is 0 Å². The minimum absolute atomic E-state index is 0.0216. The Morgan fingerprint density at radius 3 is 2.67 bits per heavy atom. The van der Waals surface area contributed by atoms with Crippen LogP contribution in [-0.2, 0) is 13.1 Å². The molecule has 0 unspecified atom stereocenters. The van der Waals surface area contributed by atoms with E-state index >= 15 is 0 Å². The second-order valence-electron chi connectivity index (χ2n) is 8.84. The second-order valence-corrected chi connectivity index (χ2v) is 9.46. The molecule has 0 atom stereocenters. The van der Waals surface area contributed by atoms with Crippen molar-refractivity contribution in [3.05, 3.63) is 64.2 Å². The van der Waals surface area contributed by atoms with Crippen molar-refractivity contribution in [2.45, 2.75) is 56.5 Å². The van der Waals surface area contributed by atoms with E-state index in [-0.39, 0.29) is 23.4 Å². The smallest absolute Gasteiger partial charge is 0.264 e. The molecule has 1 amide bonds. The highest BCUT2D eigenvalue weighted by molar-refractivity contribution is 6.21. The number of carbonyl (C=O) groups excluding carboxylic acids is 1. The van der Waals surface area contributed by atoms with Gasteiger partial charge in [-0.1, -0.05) is 12.1 Å². The van der Waals surface area contributed by atoms with Crippen molar-refractivity contribution >= 4 is 23.2 Å². The van der Waals surface area contributed by atoms with E-state index in [4.69, 9.17) is 11.6 Å². The number of amides is 1. The minimum atomic E-state index is -2.60. The van der Waals surface area contributed by atoms with E-state index in [0.717, 1.165) is 36.2 Å². The van der Waals surface area contributed by atoms with Gasteiger partial charge in [-0.15, -0.1) is 11.6 Å². The maximum absolute atomic E-state index is 13.8. The molecule has 5 rings (SSSR count). The molecule has 30 heavy (non-hydrogen) atoms. The third-order valence-corrected chi connectivity index (χ3v) is 6.92. The molecule has 0 saturated heterocycles. The summed E-state index contributed by atoms with van der Waals surface area (Å²) in [6.45, 7) is 1.60. The average molecular weight is 431 g/mol. The first-order chi connectivity index (χ1) is 14.5. The lowest BCUT2D eigenvalue weighted by Crippen LogP contribution is -2.25. The van der Waals surface area contributed by atoms with Crippen LogP contribution in [0.5, 0.6) is 0 Å². The van der Waals surface area contributed by atoms with E-state index in [9.17, 15) is 13.6 Å². The number of halogens is 3. The summed E-state index contributed by atoms with van der Waals surface area (Å²) < 4.78 is 27.6. The SMILES string of the molecule is O=C1c2cc(CNCC3CC3)cc(C(F)F)c2CN1c1cccc(C2CC(Cl)C2)c1. The first-order valence-electron chi connectivity index (χ1n) is 10.7. The average Bonchev–Trinajstić information content (AvgIpc) is 3.47. The minimum Gasteiger partial charge on any atom is -0.312 e. The van der Waals surface area contributed by atoms with Crippen molar-refractivity contribution in [2.75, 3.05) is 11.4 Å². The zero-order valence-electron chi connectivity index (χ0n) is 16.7. The Morgan fingerprint density at radius 2 is 1.97 bits per heavy atom. The van der Waals surface area contributed by atoms with Crippen LogP contribution < -0.4 is 10.2 Å². The van der Waals surface area contributed by atoms with Crippen LogP contribution in [0.15, 0.2) is 36.4 Å². The summed E-state index contributed by atoms with van der Waals surface area (Å²) >= 11 is 6.12. The van der Waals surface area contributed by atoms with Crippen molar-refractivity contribution in [1.29, 1.82) is 0 Å². The van der Waals surface area contributed by atoms with Crippen LogP contribution in [-0.4, -0.2) is 17.8 Å². The molecule has 2 aliphatic carbocycles. The number of fused-ring (bicyclic) bond motifs is 1. The van der Waals surface area contributed by atoms with Crippen LogP contribution in [0, 0.1) is 5.92 Å². The van der Waals surface area contributed by atoms with Crippen molar-refractivity contribution < 1.29 is 13.6 Å². The predicted octanol–water partition coefficient (Wildman–Crippen LogP) is 5.77. The van der Waals surface area contributed by atoms with Gasteiger partial charge >= 0.3 is 0 Å². The molecule has 2 aromatic rings. The van der Waals surface area contributed by atoms with Crippen molar-refractivity contribution in [3.63, 3.8) is 0 Å². The Morgan fingerprint density at radius 1 is 1.17 bits per heavy atom. The summed E-state index contributed by atoms with van der Waals surface area (Å²) in [7, 11) is 0. The monoisotopic (exact) mass is 430 g/mol. The van der Waals surface area contributed by atoms with Gasteiger partial charge in [-0.05, 0) is 85.0 Å². The Labute approximate surface area is 180 Å². The molecule has 3 nitrogen and oxygen atoms in total. The van der Waals surface area contributed by atoms with Gasteiger partial charge in [0, 0.05) is 28.7 Å². The number of carbonyl (C=O) groups is 1. The molecule has 0 radical (unpaired) electrons. The van der Waals surface area contributed by atoms with Crippen LogP contribution in [0.2, 0.25) is 0 Å². The summed E-state index contributed by atoms with van der Waals surface area (Å²) in [5.74, 6) is 0.924. The number of alkyl halides is 3. The van der Waals surface area contributed by atoms with Crippen molar-refractivity contribution in [3.8, 4) is 0 Å². The second kappa shape index (κ2) is 7.93. The molecule has 3 aliphatic rings. The van der Waals surface area contributed by atoms with Gasteiger partial charge in [0.15, 0.2) is 0 Å². The summed E-state index contributed by atoms with van der Waals surface area (Å²) in [4.78, 5) is 14.8. The Bertz CT molecular complexity index is 970. The van der Waals surface area contributed by atoms with E-state index in [1.165, 1.54) is 12.8 Å². The van der Waals surface area contributed by atoms with Gasteiger partial charge in [-0.3, -0.25) is 4.79 Å². The molecule has 1 N–H and O–H groups in total. The standard InChI is InChI=1S/C24H25ClF2N2O/c25-18-8-17(9-18)16-2-1-3-19(10-16)29-13-22-20(23(26)27)6-15(7-21(22)24(29)30)12-28-11-14-4-5-14/h1-3,6-7,10,14,17-18,23,28H,4-5,8-9,11-13H2. The third kappa shape index (κ3) is 3.85. The van der Waals surface area contributed by atoms with Gasteiger partial charge in [0.25, 0.3) is 12.3 Å². The Hall–Kier alpha value is -1.98. The summed E-state index contributed by atoms with van der Waals surface area (Å²) in [6, 6.07) is 11.2. The lowest BCUT2D eigenvalue weighted by molar-refractivity contribution is 0.0996. The van der Waals surface area contributed by atoms with Gasteiger partial charge < -0.3 is 10.2 Å². The molecule has 6 heteroatoms. The van der Waals surface area contributed by atoms with Crippen LogP contribution in [0.1, 0.15) is 70.6 Å². The van der Waals surface area contributed by atoms with Crippen molar-refractivity contribution in [2.24, 2.45) is 5.92 Å². The summed E-state index contributed by atoms with van der Waals surface area (Å²) in [6.07, 6.45) is 1.74. The van der Waals surface area contributed by atoms with Crippen LogP contribution in [0.25, 0.3) is 0 Å². The topological polar surface area (TPSA) is 32.3 Å². The van der Waals surface area contributed by atoms with Crippen molar-refractivity contribution in [1.82, 2.24) is 5.32 Å². The van der Waals surface area contributed by atoms with Gasteiger partial charge in [0.1, 0.15) is 0 Å². The van der Waals surface area contributed by atoms with E-state index < -0.39 is 6.43 Å². The highest BCUT2D eigenvalue weighted by Crippen LogP contribution is 2.42. The van der Waals surface area contributed by atoms with E-state index in [1.807, 2.05) is 18.2 Å². The maximum Gasteiger partial charge on any atom is 0.264 e. The Kier molecular flexibility index (Phi) is 5.28. The number of rotatable bonds is 7. The molecule has 1 aliphatic heterocycles. The third-order valence-electron chi connectivity index (χ3n) is 6.56. The molecule has 1 heterocycles. The zero-order chi connectivity index (χ0) is 20.8. The van der Waals surface area contributed by atoms with Gasteiger partial charge in [0.05, 0.1) is 6.54 Å². The largest absolute Gasteiger partial charge is 0.312 e. The van der Waals surface area contributed by atoms with Gasteiger partial charge in [-0.25, -0.2) is 8.78 Å². The van der Waals surface area contributed by atoms with E-state index in [0.29, 0.717) is 29.5 Å². The molecule has 0 spiro atoms. The maximum atomic E-state index is 13.8. The van der Waals surface area contributed by atoms with Crippen LogP contribution >= 0.6 is 11.6 Å². The van der Waals surface area contributed by atoms with Gasteiger partial charge in [-0.2, -0.15) is 0 Å². The predicted molar refractivity (Wildman–Crippen MR) is 114 cm³/mol. The first kappa shape index (κ1) is 20.0. The fourth-order valence-corrected chi connectivity index (χ4v) is 4.94. The Balaban J connectivity index is 1.40. The number of anilines is 1. The summed E-state index contributed by atoms with van der Waals surface area (Å²) in [5, 5.41) is 3.55. The fourth-order valence-electron chi connectivity index (χ4n) is 4.51. The lowest BCUT2D eigenvalue weighted by Gasteiger charge is -2.32. The zero-order valence-corrected chi connectivity index (χ0v) is 17.5. The summed E-state index contributed by atoms with van der Waals surface area (Å²) in [5.41, 5.74) is 3.51. The molecular weight excluding hydrogens is 406 g/mol.